The fourth-order valence-corrected chi connectivity index (χ4v) is 2.90. The second kappa shape index (κ2) is 6.80. The molecule has 2 amide bonds. The zero-order valence-electron chi connectivity index (χ0n) is 12.9. The van der Waals surface area contributed by atoms with Crippen LogP contribution in [0.5, 0.6) is 0 Å². The highest BCUT2D eigenvalue weighted by Gasteiger charge is 2.16. The summed E-state index contributed by atoms with van der Waals surface area (Å²) in [5.74, 6) is 0.239. The van der Waals surface area contributed by atoms with Crippen molar-refractivity contribution in [2.24, 2.45) is 5.14 Å². The zero-order chi connectivity index (χ0) is 17.0. The molecule has 0 aliphatic carbocycles. The molecule has 0 unspecified atom stereocenters. The van der Waals surface area contributed by atoms with Crippen LogP contribution >= 0.6 is 0 Å². The van der Waals surface area contributed by atoms with Crippen LogP contribution in [0.1, 0.15) is 25.3 Å². The maximum Gasteiger partial charge on any atom is 0.323 e. The number of para-hydroxylation sites is 2. The predicted octanol–water partition coefficient (Wildman–Crippen LogP) is 3.10. The number of nitrogens with one attached hydrogen (secondary N) is 2. The monoisotopic (exact) mass is 333 g/mol. The van der Waals surface area contributed by atoms with Crippen LogP contribution in [0.3, 0.4) is 0 Å². The summed E-state index contributed by atoms with van der Waals surface area (Å²) in [6, 6.07) is 12.9. The summed E-state index contributed by atoms with van der Waals surface area (Å²) in [6.07, 6.45) is 0. The number of nitrogens with two attached hydrogens (primary N) is 1. The number of hydrogen-bond donors (Lipinski definition) is 3. The third kappa shape index (κ3) is 4.30. The molecule has 0 heterocycles. The number of primary sulfonamides is 1. The number of carbonyl (C=O) groups excluding carboxylic acids is 1. The van der Waals surface area contributed by atoms with Gasteiger partial charge in [0.15, 0.2) is 0 Å². The molecule has 2 aromatic carbocycles. The Kier molecular flexibility index (Phi) is 5.02. The van der Waals surface area contributed by atoms with Crippen molar-refractivity contribution in [1.29, 1.82) is 0 Å². The van der Waals surface area contributed by atoms with Gasteiger partial charge in [-0.1, -0.05) is 44.2 Å². The first-order valence-corrected chi connectivity index (χ1v) is 8.62. The van der Waals surface area contributed by atoms with Crippen molar-refractivity contribution in [3.8, 4) is 0 Å². The van der Waals surface area contributed by atoms with Crippen molar-refractivity contribution < 1.29 is 13.2 Å². The lowest BCUT2D eigenvalue weighted by Crippen LogP contribution is -2.23. The van der Waals surface area contributed by atoms with Crippen molar-refractivity contribution >= 4 is 27.4 Å². The van der Waals surface area contributed by atoms with E-state index >= 15 is 0 Å². The Morgan fingerprint density at radius 1 is 0.957 bits per heavy atom. The van der Waals surface area contributed by atoms with Crippen molar-refractivity contribution in [3.63, 3.8) is 0 Å². The summed E-state index contributed by atoms with van der Waals surface area (Å²) in [6.45, 7) is 4.05. The summed E-state index contributed by atoms with van der Waals surface area (Å²) in [5.41, 5.74) is 1.80. The van der Waals surface area contributed by atoms with E-state index in [1.54, 1.807) is 12.1 Å². The molecule has 0 saturated heterocycles. The van der Waals surface area contributed by atoms with Gasteiger partial charge in [0, 0.05) is 5.69 Å². The lowest BCUT2D eigenvalue weighted by Gasteiger charge is -2.15. The highest BCUT2D eigenvalue weighted by molar-refractivity contribution is 7.89. The number of sulfonamides is 1. The van der Waals surface area contributed by atoms with Gasteiger partial charge in [-0.25, -0.2) is 18.4 Å². The number of urea groups is 1. The van der Waals surface area contributed by atoms with E-state index in [4.69, 9.17) is 5.14 Å². The second-order valence-corrected chi connectivity index (χ2v) is 6.89. The van der Waals surface area contributed by atoms with E-state index in [1.165, 1.54) is 18.2 Å². The minimum atomic E-state index is -3.92. The van der Waals surface area contributed by atoms with Crippen molar-refractivity contribution in [2.45, 2.75) is 24.7 Å². The molecule has 0 fully saturated rings. The highest BCUT2D eigenvalue weighted by Crippen LogP contribution is 2.24. The molecule has 0 atom stereocenters. The zero-order valence-corrected chi connectivity index (χ0v) is 13.7. The van der Waals surface area contributed by atoms with E-state index in [2.05, 4.69) is 10.6 Å². The normalized spacial score (nSPS) is 11.3. The maximum absolute atomic E-state index is 12.2. The van der Waals surface area contributed by atoms with Gasteiger partial charge < -0.3 is 10.6 Å². The molecule has 23 heavy (non-hydrogen) atoms. The molecule has 2 aromatic rings. The lowest BCUT2D eigenvalue weighted by molar-refractivity contribution is 0.262. The molecule has 0 aliphatic rings. The average Bonchev–Trinajstić information content (AvgIpc) is 2.47. The molecular weight excluding hydrogens is 314 g/mol. The number of hydrogen-bond acceptors (Lipinski definition) is 3. The second-order valence-electron chi connectivity index (χ2n) is 5.36. The molecule has 122 valence electrons. The molecule has 0 bridgehead atoms. The van der Waals surface area contributed by atoms with Gasteiger partial charge in [-0.3, -0.25) is 0 Å². The molecule has 4 N–H and O–H groups in total. The Labute approximate surface area is 135 Å². The summed E-state index contributed by atoms with van der Waals surface area (Å²) >= 11 is 0. The van der Waals surface area contributed by atoms with Crippen LogP contribution in [0.15, 0.2) is 53.4 Å². The first kappa shape index (κ1) is 17.0. The minimum absolute atomic E-state index is 0.132. The Balaban J connectivity index is 2.22. The molecule has 0 spiro atoms. The highest BCUT2D eigenvalue weighted by atomic mass is 32.2. The van der Waals surface area contributed by atoms with E-state index in [0.29, 0.717) is 5.69 Å². The van der Waals surface area contributed by atoms with E-state index in [9.17, 15) is 13.2 Å². The van der Waals surface area contributed by atoms with Gasteiger partial charge in [0.25, 0.3) is 0 Å². The van der Waals surface area contributed by atoms with Crippen LogP contribution in [0.2, 0.25) is 0 Å². The fraction of sp³-hybridized carbons (Fsp3) is 0.188. The van der Waals surface area contributed by atoms with Crippen molar-refractivity contribution in [2.75, 3.05) is 10.6 Å². The van der Waals surface area contributed by atoms with Gasteiger partial charge in [0.2, 0.25) is 10.0 Å². The van der Waals surface area contributed by atoms with E-state index in [1.807, 2.05) is 32.0 Å². The molecular formula is C16H19N3O3S. The Morgan fingerprint density at radius 3 is 2.09 bits per heavy atom. The third-order valence-electron chi connectivity index (χ3n) is 3.27. The quantitative estimate of drug-likeness (QED) is 0.801. The molecule has 2 rings (SSSR count). The van der Waals surface area contributed by atoms with Gasteiger partial charge in [-0.15, -0.1) is 0 Å². The minimum Gasteiger partial charge on any atom is -0.307 e. The number of carbonyl (C=O) groups is 1. The number of anilines is 2. The molecule has 6 nitrogen and oxygen atoms in total. The average molecular weight is 333 g/mol. The topological polar surface area (TPSA) is 101 Å². The lowest BCUT2D eigenvalue weighted by atomic mass is 10.0. The van der Waals surface area contributed by atoms with Crippen molar-refractivity contribution in [1.82, 2.24) is 0 Å². The molecule has 7 heteroatoms. The number of benzene rings is 2. The van der Waals surface area contributed by atoms with Gasteiger partial charge >= 0.3 is 6.03 Å². The van der Waals surface area contributed by atoms with Gasteiger partial charge in [0.05, 0.1) is 5.69 Å². The molecule has 0 saturated carbocycles. The van der Waals surface area contributed by atoms with Crippen molar-refractivity contribution in [3.05, 3.63) is 54.1 Å². The Morgan fingerprint density at radius 2 is 1.48 bits per heavy atom. The predicted molar refractivity (Wildman–Crippen MR) is 91.0 cm³/mol. The SMILES string of the molecule is CC(C)c1ccccc1NC(=O)Nc1ccccc1S(N)(=O)=O. The van der Waals surface area contributed by atoms with Crippen LogP contribution in [0.25, 0.3) is 0 Å². The smallest absolute Gasteiger partial charge is 0.307 e. The number of amides is 2. The Hall–Kier alpha value is -2.38. The van der Waals surface area contributed by atoms with E-state index in [-0.39, 0.29) is 16.5 Å². The van der Waals surface area contributed by atoms with Gasteiger partial charge in [-0.05, 0) is 29.7 Å². The summed E-state index contributed by atoms with van der Waals surface area (Å²) < 4.78 is 23.1. The molecule has 0 aromatic heterocycles. The fourth-order valence-electron chi connectivity index (χ4n) is 2.21. The van der Waals surface area contributed by atoms with Crippen LogP contribution in [0.4, 0.5) is 16.2 Å². The summed E-state index contributed by atoms with van der Waals surface area (Å²) in [4.78, 5) is 12.0. The van der Waals surface area contributed by atoms with Gasteiger partial charge in [0.1, 0.15) is 4.90 Å². The Bertz CT molecular complexity index is 817. The first-order valence-electron chi connectivity index (χ1n) is 7.08. The van der Waals surface area contributed by atoms with Crippen LogP contribution in [-0.2, 0) is 10.0 Å². The van der Waals surface area contributed by atoms with Crippen LogP contribution in [-0.4, -0.2) is 14.4 Å². The molecule has 0 aliphatic heterocycles. The van der Waals surface area contributed by atoms with Gasteiger partial charge in [-0.2, -0.15) is 0 Å². The van der Waals surface area contributed by atoms with Crippen LogP contribution in [0, 0.1) is 0 Å². The number of rotatable bonds is 4. The molecule has 0 radical (unpaired) electrons. The first-order chi connectivity index (χ1) is 10.8. The van der Waals surface area contributed by atoms with Crippen LogP contribution < -0.4 is 15.8 Å². The van der Waals surface area contributed by atoms with E-state index in [0.717, 1.165) is 5.56 Å². The largest absolute Gasteiger partial charge is 0.323 e. The standard InChI is InChI=1S/C16H19N3O3S/c1-11(2)12-7-3-4-8-13(12)18-16(20)19-14-9-5-6-10-15(14)23(17,21)22/h3-11H,1-2H3,(H2,17,21,22)(H2,18,19,20). The summed E-state index contributed by atoms with van der Waals surface area (Å²) in [7, 11) is -3.92. The third-order valence-corrected chi connectivity index (χ3v) is 4.24. The maximum atomic E-state index is 12.2. The van der Waals surface area contributed by atoms with E-state index < -0.39 is 16.1 Å². The summed E-state index contributed by atoms with van der Waals surface area (Å²) in [5, 5.41) is 10.4.